The first-order chi connectivity index (χ1) is 8.70. The normalized spacial score (nSPS) is 12.4. The Kier molecular flexibility index (Phi) is 4.34. The predicted octanol–water partition coefficient (Wildman–Crippen LogP) is 3.74. The van der Waals surface area contributed by atoms with E-state index >= 15 is 0 Å². The summed E-state index contributed by atoms with van der Waals surface area (Å²) in [5.74, 6) is 0. The Labute approximate surface area is 113 Å². The molecule has 0 spiro atoms. The Balaban J connectivity index is 2.39. The number of rotatable bonds is 4. The van der Waals surface area contributed by atoms with Gasteiger partial charge < -0.3 is 5.32 Å². The lowest BCUT2D eigenvalue weighted by Crippen LogP contribution is -2.22. The van der Waals surface area contributed by atoms with Crippen LogP contribution < -0.4 is 5.32 Å². The van der Waals surface area contributed by atoms with E-state index in [1.54, 1.807) is 0 Å². The molecule has 3 heteroatoms. The minimum Gasteiger partial charge on any atom is -0.306 e. The molecule has 2 rings (SSSR count). The van der Waals surface area contributed by atoms with E-state index in [1.165, 1.54) is 5.56 Å². The van der Waals surface area contributed by atoms with E-state index in [1.807, 2.05) is 30.6 Å². The SMILES string of the molecule is CCNC(c1cncc(C)c1)c1cccc(Cl)c1. The Morgan fingerprint density at radius 2 is 2.06 bits per heavy atom. The van der Waals surface area contributed by atoms with Gasteiger partial charge in [-0.2, -0.15) is 0 Å². The Morgan fingerprint density at radius 3 is 2.72 bits per heavy atom. The molecule has 0 saturated carbocycles. The highest BCUT2D eigenvalue weighted by Crippen LogP contribution is 2.24. The number of halogens is 1. The van der Waals surface area contributed by atoms with Crippen molar-refractivity contribution < 1.29 is 0 Å². The largest absolute Gasteiger partial charge is 0.306 e. The van der Waals surface area contributed by atoms with Gasteiger partial charge in [0, 0.05) is 17.4 Å². The minimum atomic E-state index is 0.140. The zero-order valence-corrected chi connectivity index (χ0v) is 11.4. The molecule has 1 atom stereocenters. The van der Waals surface area contributed by atoms with Crippen molar-refractivity contribution in [3.8, 4) is 0 Å². The van der Waals surface area contributed by atoms with Gasteiger partial charge in [-0.25, -0.2) is 0 Å². The summed E-state index contributed by atoms with van der Waals surface area (Å²) in [4.78, 5) is 4.26. The molecule has 0 saturated heterocycles. The van der Waals surface area contributed by atoms with Gasteiger partial charge in [-0.1, -0.05) is 36.7 Å². The maximum atomic E-state index is 6.06. The van der Waals surface area contributed by atoms with Gasteiger partial charge in [0.15, 0.2) is 0 Å². The molecule has 0 aliphatic rings. The summed E-state index contributed by atoms with van der Waals surface area (Å²) in [5.41, 5.74) is 3.49. The predicted molar refractivity (Wildman–Crippen MR) is 75.9 cm³/mol. The molecule has 0 fully saturated rings. The first-order valence-corrected chi connectivity index (χ1v) is 6.49. The van der Waals surface area contributed by atoms with Crippen LogP contribution in [0.2, 0.25) is 5.02 Å². The highest BCUT2D eigenvalue weighted by molar-refractivity contribution is 6.30. The molecule has 1 aromatic carbocycles. The van der Waals surface area contributed by atoms with Crippen LogP contribution in [0.15, 0.2) is 42.7 Å². The van der Waals surface area contributed by atoms with Gasteiger partial charge in [0.1, 0.15) is 0 Å². The molecular weight excluding hydrogens is 244 g/mol. The average Bonchev–Trinajstić information content (AvgIpc) is 2.36. The number of pyridine rings is 1. The van der Waals surface area contributed by atoms with Crippen molar-refractivity contribution in [1.82, 2.24) is 10.3 Å². The van der Waals surface area contributed by atoms with Gasteiger partial charge in [0.25, 0.3) is 0 Å². The van der Waals surface area contributed by atoms with Gasteiger partial charge in [0.05, 0.1) is 6.04 Å². The van der Waals surface area contributed by atoms with Crippen molar-refractivity contribution >= 4 is 11.6 Å². The highest BCUT2D eigenvalue weighted by atomic mass is 35.5. The Bertz CT molecular complexity index is 480. The molecule has 0 aliphatic heterocycles. The van der Waals surface area contributed by atoms with Crippen LogP contribution in [0.4, 0.5) is 0 Å². The topological polar surface area (TPSA) is 24.9 Å². The second-order valence-corrected chi connectivity index (χ2v) is 4.78. The second kappa shape index (κ2) is 5.98. The van der Waals surface area contributed by atoms with Crippen molar-refractivity contribution in [2.24, 2.45) is 0 Å². The van der Waals surface area contributed by atoms with Crippen molar-refractivity contribution in [2.45, 2.75) is 19.9 Å². The summed E-state index contributed by atoms with van der Waals surface area (Å²) in [7, 11) is 0. The van der Waals surface area contributed by atoms with Crippen molar-refractivity contribution in [3.63, 3.8) is 0 Å². The smallest absolute Gasteiger partial charge is 0.0592 e. The van der Waals surface area contributed by atoms with Crippen molar-refractivity contribution in [3.05, 3.63) is 64.4 Å². The summed E-state index contributed by atoms with van der Waals surface area (Å²) in [6, 6.07) is 10.2. The molecule has 0 amide bonds. The Morgan fingerprint density at radius 1 is 1.22 bits per heavy atom. The summed E-state index contributed by atoms with van der Waals surface area (Å²) in [6.07, 6.45) is 3.77. The summed E-state index contributed by atoms with van der Waals surface area (Å²) in [6.45, 7) is 5.05. The van der Waals surface area contributed by atoms with Gasteiger partial charge >= 0.3 is 0 Å². The third kappa shape index (κ3) is 3.09. The molecule has 2 aromatic rings. The number of nitrogens with zero attached hydrogens (tertiary/aromatic N) is 1. The van der Waals surface area contributed by atoms with Crippen LogP contribution in [0.5, 0.6) is 0 Å². The maximum absolute atomic E-state index is 6.06. The summed E-state index contributed by atoms with van der Waals surface area (Å²) < 4.78 is 0. The number of hydrogen-bond donors (Lipinski definition) is 1. The second-order valence-electron chi connectivity index (χ2n) is 4.34. The first kappa shape index (κ1) is 13.1. The molecule has 0 radical (unpaired) electrons. The monoisotopic (exact) mass is 260 g/mol. The number of hydrogen-bond acceptors (Lipinski definition) is 2. The number of benzene rings is 1. The van der Waals surface area contributed by atoms with E-state index < -0.39 is 0 Å². The van der Waals surface area contributed by atoms with Gasteiger partial charge in [-0.3, -0.25) is 4.98 Å². The van der Waals surface area contributed by atoms with E-state index in [4.69, 9.17) is 11.6 Å². The van der Waals surface area contributed by atoms with Crippen LogP contribution >= 0.6 is 11.6 Å². The molecule has 0 bridgehead atoms. The van der Waals surface area contributed by atoms with Crippen LogP contribution in [-0.2, 0) is 0 Å². The molecule has 2 nitrogen and oxygen atoms in total. The van der Waals surface area contributed by atoms with Crippen LogP contribution in [-0.4, -0.2) is 11.5 Å². The summed E-state index contributed by atoms with van der Waals surface area (Å²) >= 11 is 6.06. The van der Waals surface area contributed by atoms with Crippen LogP contribution in [0.1, 0.15) is 29.7 Å². The Hall–Kier alpha value is -1.38. The fourth-order valence-corrected chi connectivity index (χ4v) is 2.25. The van der Waals surface area contributed by atoms with E-state index in [-0.39, 0.29) is 6.04 Å². The van der Waals surface area contributed by atoms with Gasteiger partial charge in [-0.15, -0.1) is 0 Å². The molecule has 0 aliphatic carbocycles. The highest BCUT2D eigenvalue weighted by Gasteiger charge is 2.13. The van der Waals surface area contributed by atoms with E-state index in [2.05, 4.69) is 36.3 Å². The molecular formula is C15H17ClN2. The fraction of sp³-hybridized carbons (Fsp3) is 0.267. The third-order valence-corrected chi connectivity index (χ3v) is 3.05. The van der Waals surface area contributed by atoms with E-state index in [9.17, 15) is 0 Å². The lowest BCUT2D eigenvalue weighted by Gasteiger charge is -2.19. The molecule has 94 valence electrons. The minimum absolute atomic E-state index is 0.140. The zero-order chi connectivity index (χ0) is 13.0. The lowest BCUT2D eigenvalue weighted by molar-refractivity contribution is 0.628. The molecule has 1 unspecified atom stereocenters. The number of aryl methyl sites for hydroxylation is 1. The molecule has 18 heavy (non-hydrogen) atoms. The number of nitrogens with one attached hydrogen (secondary N) is 1. The van der Waals surface area contributed by atoms with Crippen LogP contribution in [0, 0.1) is 6.92 Å². The van der Waals surface area contributed by atoms with Crippen molar-refractivity contribution in [2.75, 3.05) is 6.54 Å². The average molecular weight is 261 g/mol. The van der Waals surface area contributed by atoms with E-state index in [0.29, 0.717) is 0 Å². The number of aromatic nitrogens is 1. The van der Waals surface area contributed by atoms with Crippen molar-refractivity contribution in [1.29, 1.82) is 0 Å². The van der Waals surface area contributed by atoms with E-state index in [0.717, 1.165) is 22.7 Å². The third-order valence-electron chi connectivity index (χ3n) is 2.82. The lowest BCUT2D eigenvalue weighted by atomic mass is 9.99. The summed E-state index contributed by atoms with van der Waals surface area (Å²) in [5, 5.41) is 4.23. The quantitative estimate of drug-likeness (QED) is 0.906. The van der Waals surface area contributed by atoms with Gasteiger partial charge in [-0.05, 0) is 42.3 Å². The zero-order valence-electron chi connectivity index (χ0n) is 10.7. The van der Waals surface area contributed by atoms with Gasteiger partial charge in [0.2, 0.25) is 0 Å². The fourth-order valence-electron chi connectivity index (χ4n) is 2.05. The molecule has 1 heterocycles. The standard InChI is InChI=1S/C15H17ClN2/c1-3-18-15(12-5-4-6-14(16)8-12)13-7-11(2)9-17-10-13/h4-10,15,18H,3H2,1-2H3. The first-order valence-electron chi connectivity index (χ1n) is 6.11. The molecule has 1 aromatic heterocycles. The van der Waals surface area contributed by atoms with Crippen LogP contribution in [0.3, 0.4) is 0 Å². The molecule has 1 N–H and O–H groups in total. The maximum Gasteiger partial charge on any atom is 0.0592 e. The van der Waals surface area contributed by atoms with Crippen LogP contribution in [0.25, 0.3) is 0 Å².